The van der Waals surface area contributed by atoms with Gasteiger partial charge < -0.3 is 10.2 Å². The fourth-order valence-corrected chi connectivity index (χ4v) is 1.19. The average molecular weight is 246 g/mol. The highest BCUT2D eigenvalue weighted by Gasteiger charge is 2.08. The SMILES string of the molecule is CN(C)C(=O)CCNC(=O)c1ccc(C#N)cn1. The van der Waals surface area contributed by atoms with E-state index < -0.39 is 0 Å². The largest absolute Gasteiger partial charge is 0.350 e. The normalized spacial score (nSPS) is 9.39. The molecule has 0 aliphatic carbocycles. The summed E-state index contributed by atoms with van der Waals surface area (Å²) in [5, 5.41) is 11.2. The Labute approximate surface area is 105 Å². The van der Waals surface area contributed by atoms with Crippen molar-refractivity contribution in [2.45, 2.75) is 6.42 Å². The van der Waals surface area contributed by atoms with Gasteiger partial charge in [0.1, 0.15) is 11.8 Å². The molecule has 2 amide bonds. The van der Waals surface area contributed by atoms with Crippen molar-refractivity contribution in [2.75, 3.05) is 20.6 Å². The van der Waals surface area contributed by atoms with Crippen LogP contribution in [0, 0.1) is 11.3 Å². The lowest BCUT2D eigenvalue weighted by molar-refractivity contribution is -0.128. The zero-order valence-corrected chi connectivity index (χ0v) is 10.3. The maximum atomic E-state index is 11.6. The predicted molar refractivity (Wildman–Crippen MR) is 64.6 cm³/mol. The van der Waals surface area contributed by atoms with E-state index in [-0.39, 0.29) is 30.5 Å². The molecule has 1 aromatic rings. The molecule has 1 rings (SSSR count). The van der Waals surface area contributed by atoms with Crippen molar-refractivity contribution >= 4 is 11.8 Å². The van der Waals surface area contributed by atoms with Crippen molar-refractivity contribution in [3.8, 4) is 6.07 Å². The van der Waals surface area contributed by atoms with E-state index in [0.29, 0.717) is 5.56 Å². The Bertz CT molecular complexity index is 474. The van der Waals surface area contributed by atoms with Crippen LogP contribution in [-0.2, 0) is 4.79 Å². The third-order valence-electron chi connectivity index (χ3n) is 2.25. The summed E-state index contributed by atoms with van der Waals surface area (Å²) in [5.74, 6) is -0.408. The molecule has 0 unspecified atom stereocenters. The van der Waals surface area contributed by atoms with Crippen molar-refractivity contribution in [1.82, 2.24) is 15.2 Å². The molecule has 0 atom stereocenters. The van der Waals surface area contributed by atoms with Crippen LogP contribution in [0.1, 0.15) is 22.5 Å². The van der Waals surface area contributed by atoms with Gasteiger partial charge in [-0.25, -0.2) is 4.98 Å². The second kappa shape index (κ2) is 6.35. The fourth-order valence-electron chi connectivity index (χ4n) is 1.19. The fraction of sp³-hybridized carbons (Fsp3) is 0.333. The minimum Gasteiger partial charge on any atom is -0.350 e. The Hall–Kier alpha value is -2.42. The quantitative estimate of drug-likeness (QED) is 0.820. The molecule has 1 heterocycles. The maximum absolute atomic E-state index is 11.6. The number of aromatic nitrogens is 1. The number of hydrogen-bond donors (Lipinski definition) is 1. The van der Waals surface area contributed by atoms with Crippen LogP contribution < -0.4 is 5.32 Å². The third kappa shape index (κ3) is 3.87. The van der Waals surface area contributed by atoms with Gasteiger partial charge in [-0.2, -0.15) is 5.26 Å². The molecule has 1 aromatic heterocycles. The summed E-state index contributed by atoms with van der Waals surface area (Å²) < 4.78 is 0. The van der Waals surface area contributed by atoms with Crippen LogP contribution in [0.4, 0.5) is 0 Å². The molecule has 94 valence electrons. The maximum Gasteiger partial charge on any atom is 0.269 e. The number of rotatable bonds is 4. The molecule has 0 saturated carbocycles. The predicted octanol–water partition coefficient (Wildman–Crippen LogP) is 0.161. The second-order valence-electron chi connectivity index (χ2n) is 3.84. The van der Waals surface area contributed by atoms with Crippen LogP contribution in [0.3, 0.4) is 0 Å². The lowest BCUT2D eigenvalue weighted by Crippen LogP contribution is -2.30. The molecule has 0 aliphatic heterocycles. The number of pyridine rings is 1. The first-order valence-electron chi connectivity index (χ1n) is 5.39. The molecule has 0 fully saturated rings. The highest BCUT2D eigenvalue weighted by atomic mass is 16.2. The van der Waals surface area contributed by atoms with Crippen molar-refractivity contribution in [3.63, 3.8) is 0 Å². The summed E-state index contributed by atoms with van der Waals surface area (Å²) in [6, 6.07) is 4.91. The zero-order valence-electron chi connectivity index (χ0n) is 10.3. The molecule has 0 aromatic carbocycles. The molecule has 18 heavy (non-hydrogen) atoms. The number of hydrogen-bond acceptors (Lipinski definition) is 4. The number of nitrogens with one attached hydrogen (secondary N) is 1. The van der Waals surface area contributed by atoms with Crippen molar-refractivity contribution in [3.05, 3.63) is 29.6 Å². The molecule has 0 bridgehead atoms. The van der Waals surface area contributed by atoms with E-state index in [1.54, 1.807) is 14.1 Å². The third-order valence-corrected chi connectivity index (χ3v) is 2.25. The molecule has 6 nitrogen and oxygen atoms in total. The van der Waals surface area contributed by atoms with Crippen LogP contribution >= 0.6 is 0 Å². The van der Waals surface area contributed by atoms with Gasteiger partial charge in [-0.3, -0.25) is 9.59 Å². The number of amides is 2. The van der Waals surface area contributed by atoms with E-state index in [0.717, 1.165) is 0 Å². The van der Waals surface area contributed by atoms with E-state index in [4.69, 9.17) is 5.26 Å². The van der Waals surface area contributed by atoms with Crippen LogP contribution in [0.2, 0.25) is 0 Å². The van der Waals surface area contributed by atoms with E-state index in [1.807, 2.05) is 6.07 Å². The van der Waals surface area contributed by atoms with E-state index in [9.17, 15) is 9.59 Å². The van der Waals surface area contributed by atoms with Gasteiger partial charge in [-0.15, -0.1) is 0 Å². The molecule has 0 saturated heterocycles. The van der Waals surface area contributed by atoms with E-state index >= 15 is 0 Å². The minimum absolute atomic E-state index is 0.0527. The topological polar surface area (TPSA) is 86.1 Å². The number of nitrogens with zero attached hydrogens (tertiary/aromatic N) is 3. The minimum atomic E-state index is -0.356. The van der Waals surface area contributed by atoms with Crippen molar-refractivity contribution in [2.24, 2.45) is 0 Å². The number of carbonyl (C=O) groups excluding carboxylic acids is 2. The first-order chi connectivity index (χ1) is 8.54. The summed E-state index contributed by atoms with van der Waals surface area (Å²) in [7, 11) is 3.32. The summed E-state index contributed by atoms with van der Waals surface area (Å²) in [4.78, 5) is 28.2. The highest BCUT2D eigenvalue weighted by molar-refractivity contribution is 5.92. The Kier molecular flexibility index (Phi) is 4.81. The van der Waals surface area contributed by atoms with Crippen molar-refractivity contribution in [1.29, 1.82) is 5.26 Å². The smallest absolute Gasteiger partial charge is 0.269 e. The van der Waals surface area contributed by atoms with Crippen LogP contribution in [0.5, 0.6) is 0 Å². The van der Waals surface area contributed by atoms with Gasteiger partial charge in [0.05, 0.1) is 5.56 Å². The molecule has 1 N–H and O–H groups in total. The van der Waals surface area contributed by atoms with Gasteiger partial charge in [0.25, 0.3) is 5.91 Å². The van der Waals surface area contributed by atoms with E-state index in [1.165, 1.54) is 23.2 Å². The Balaban J connectivity index is 2.46. The molecular formula is C12H14N4O2. The van der Waals surface area contributed by atoms with Gasteiger partial charge in [-0.1, -0.05) is 0 Å². The summed E-state index contributed by atoms with van der Waals surface area (Å²) in [6.45, 7) is 0.261. The zero-order chi connectivity index (χ0) is 13.5. The first kappa shape index (κ1) is 13.6. The summed E-state index contributed by atoms with van der Waals surface area (Å²) >= 11 is 0. The average Bonchev–Trinajstić information content (AvgIpc) is 2.38. The first-order valence-corrected chi connectivity index (χ1v) is 5.39. The van der Waals surface area contributed by atoms with Gasteiger partial charge >= 0.3 is 0 Å². The molecular weight excluding hydrogens is 232 g/mol. The number of nitriles is 1. The van der Waals surface area contributed by atoms with Gasteiger partial charge in [0.15, 0.2) is 0 Å². The Morgan fingerprint density at radius 1 is 1.44 bits per heavy atom. The Morgan fingerprint density at radius 3 is 2.67 bits per heavy atom. The van der Waals surface area contributed by atoms with Crippen LogP contribution in [0.15, 0.2) is 18.3 Å². The number of carbonyl (C=O) groups is 2. The summed E-state index contributed by atoms with van der Waals surface area (Å²) in [6.07, 6.45) is 1.58. The second-order valence-corrected chi connectivity index (χ2v) is 3.84. The summed E-state index contributed by atoms with van der Waals surface area (Å²) in [5.41, 5.74) is 0.626. The van der Waals surface area contributed by atoms with Gasteiger partial charge in [-0.05, 0) is 12.1 Å². The van der Waals surface area contributed by atoms with Gasteiger partial charge in [0.2, 0.25) is 5.91 Å². The van der Waals surface area contributed by atoms with Crippen LogP contribution in [0.25, 0.3) is 0 Å². The van der Waals surface area contributed by atoms with Gasteiger partial charge in [0, 0.05) is 33.3 Å². The highest BCUT2D eigenvalue weighted by Crippen LogP contribution is 1.98. The molecule has 0 aliphatic rings. The lowest BCUT2D eigenvalue weighted by Gasteiger charge is -2.10. The standard InChI is InChI=1S/C12H14N4O2/c1-16(2)11(17)5-6-14-12(18)10-4-3-9(7-13)8-15-10/h3-4,8H,5-6H2,1-2H3,(H,14,18). The molecule has 0 spiro atoms. The van der Waals surface area contributed by atoms with Crippen molar-refractivity contribution < 1.29 is 9.59 Å². The molecule has 6 heteroatoms. The molecule has 0 radical (unpaired) electrons. The Morgan fingerprint density at radius 2 is 2.17 bits per heavy atom. The monoisotopic (exact) mass is 246 g/mol. The van der Waals surface area contributed by atoms with Crippen LogP contribution in [-0.4, -0.2) is 42.3 Å². The lowest BCUT2D eigenvalue weighted by atomic mass is 10.2. The van der Waals surface area contributed by atoms with E-state index in [2.05, 4.69) is 10.3 Å².